The highest BCUT2D eigenvalue weighted by molar-refractivity contribution is 9.10. The second-order valence-electron chi connectivity index (χ2n) is 5.74. The van der Waals surface area contributed by atoms with Crippen LogP contribution in [0.1, 0.15) is 48.0 Å². The predicted molar refractivity (Wildman–Crippen MR) is 90.5 cm³/mol. The van der Waals surface area contributed by atoms with E-state index in [1.54, 1.807) is 0 Å². The molecule has 0 saturated carbocycles. The lowest BCUT2D eigenvalue weighted by Gasteiger charge is -2.29. The normalized spacial score (nSPS) is 19.0. The highest BCUT2D eigenvalue weighted by Gasteiger charge is 2.24. The quantitative estimate of drug-likeness (QED) is 0.875. The number of hydrogen-bond donors (Lipinski definition) is 1. The van der Waals surface area contributed by atoms with Crippen molar-refractivity contribution in [3.05, 3.63) is 63.9 Å². The van der Waals surface area contributed by atoms with E-state index in [-0.39, 0.29) is 6.04 Å². The van der Waals surface area contributed by atoms with Gasteiger partial charge in [-0.25, -0.2) is 0 Å². The minimum absolute atomic E-state index is 0.289. The zero-order valence-corrected chi connectivity index (χ0v) is 13.9. The first kappa shape index (κ1) is 14.7. The predicted octanol–water partition coefficient (Wildman–Crippen LogP) is 4.61. The minimum atomic E-state index is 0.289. The van der Waals surface area contributed by atoms with E-state index in [0.717, 1.165) is 16.6 Å². The van der Waals surface area contributed by atoms with Crippen LogP contribution in [-0.2, 0) is 6.42 Å². The third-order valence-corrected chi connectivity index (χ3v) is 5.15. The van der Waals surface area contributed by atoms with Gasteiger partial charge in [0.2, 0.25) is 0 Å². The van der Waals surface area contributed by atoms with Crippen molar-refractivity contribution in [1.82, 2.24) is 10.3 Å². The molecule has 3 rings (SSSR count). The molecule has 0 radical (unpaired) electrons. The lowest BCUT2D eigenvalue weighted by molar-refractivity contribution is 0.433. The van der Waals surface area contributed by atoms with Gasteiger partial charge in [0.05, 0.1) is 11.7 Å². The maximum Gasteiger partial charge on any atom is 0.0714 e. The fraction of sp³-hybridized carbons (Fsp3) is 0.389. The smallest absolute Gasteiger partial charge is 0.0714 e. The Morgan fingerprint density at radius 3 is 2.95 bits per heavy atom. The molecule has 0 bridgehead atoms. The van der Waals surface area contributed by atoms with Gasteiger partial charge in [0.25, 0.3) is 0 Å². The number of hydrogen-bond acceptors (Lipinski definition) is 2. The van der Waals surface area contributed by atoms with Crippen molar-refractivity contribution in [3.63, 3.8) is 0 Å². The number of nitrogens with zero attached hydrogens (tertiary/aromatic N) is 1. The average Bonchev–Trinajstić information content (AvgIpc) is 2.53. The van der Waals surface area contributed by atoms with Crippen LogP contribution in [0.2, 0.25) is 0 Å². The molecule has 1 aliphatic carbocycles. The molecule has 2 unspecified atom stereocenters. The van der Waals surface area contributed by atoms with Gasteiger partial charge in [-0.2, -0.15) is 0 Å². The number of fused-ring (bicyclic) bond motifs is 1. The summed E-state index contributed by atoms with van der Waals surface area (Å²) >= 11 is 3.63. The van der Waals surface area contributed by atoms with E-state index < -0.39 is 0 Å². The van der Waals surface area contributed by atoms with Crippen LogP contribution >= 0.6 is 15.9 Å². The molecule has 0 fully saturated rings. The Kier molecular flexibility index (Phi) is 4.71. The van der Waals surface area contributed by atoms with Crippen molar-refractivity contribution in [2.45, 2.75) is 37.6 Å². The summed E-state index contributed by atoms with van der Waals surface area (Å²) in [5.74, 6) is 0.626. The number of aromatic nitrogens is 1. The van der Waals surface area contributed by atoms with E-state index in [9.17, 15) is 0 Å². The molecule has 2 aromatic rings. The Labute approximate surface area is 135 Å². The van der Waals surface area contributed by atoms with Crippen molar-refractivity contribution in [3.8, 4) is 0 Å². The Bertz CT molecular complexity index is 612. The number of nitrogens with one attached hydrogen (secondary N) is 1. The Balaban J connectivity index is 1.84. The monoisotopic (exact) mass is 344 g/mol. The number of halogens is 1. The van der Waals surface area contributed by atoms with Crippen molar-refractivity contribution < 1.29 is 0 Å². The topological polar surface area (TPSA) is 24.9 Å². The lowest BCUT2D eigenvalue weighted by atomic mass is 9.79. The fourth-order valence-electron chi connectivity index (χ4n) is 3.40. The first-order valence-corrected chi connectivity index (χ1v) is 8.44. The number of benzene rings is 1. The molecule has 1 N–H and O–H groups in total. The summed E-state index contributed by atoms with van der Waals surface area (Å²) in [5, 5.41) is 3.44. The second-order valence-corrected chi connectivity index (χ2v) is 6.59. The molecule has 3 heteroatoms. The van der Waals surface area contributed by atoms with Gasteiger partial charge in [0.1, 0.15) is 0 Å². The van der Waals surface area contributed by atoms with Crippen molar-refractivity contribution >= 4 is 15.9 Å². The first-order valence-electron chi connectivity index (χ1n) is 7.65. The Morgan fingerprint density at radius 1 is 1.29 bits per heavy atom. The molecule has 2 nitrogen and oxygen atoms in total. The van der Waals surface area contributed by atoms with E-state index in [4.69, 9.17) is 0 Å². The summed E-state index contributed by atoms with van der Waals surface area (Å²) in [5.41, 5.74) is 4.18. The molecule has 1 aromatic carbocycles. The van der Waals surface area contributed by atoms with Crippen LogP contribution in [0.3, 0.4) is 0 Å². The molecule has 0 aliphatic heterocycles. The molecule has 21 heavy (non-hydrogen) atoms. The third-order valence-electron chi connectivity index (χ3n) is 4.48. The van der Waals surface area contributed by atoms with Crippen LogP contribution in [0.15, 0.2) is 47.1 Å². The van der Waals surface area contributed by atoms with Crippen molar-refractivity contribution in [2.24, 2.45) is 0 Å². The molecule has 1 heterocycles. The molecular formula is C18H21BrN2. The summed E-state index contributed by atoms with van der Waals surface area (Å²) in [7, 11) is 2.03. The van der Waals surface area contributed by atoms with Gasteiger partial charge < -0.3 is 5.32 Å². The fourth-order valence-corrected chi connectivity index (χ4v) is 3.94. The summed E-state index contributed by atoms with van der Waals surface area (Å²) in [4.78, 5) is 4.56. The maximum atomic E-state index is 4.56. The lowest BCUT2D eigenvalue weighted by Crippen LogP contribution is -2.22. The van der Waals surface area contributed by atoms with Crippen LogP contribution < -0.4 is 5.32 Å². The van der Waals surface area contributed by atoms with Gasteiger partial charge in [0, 0.05) is 10.7 Å². The second kappa shape index (κ2) is 6.71. The molecule has 2 atom stereocenters. The molecule has 1 aromatic heterocycles. The summed E-state index contributed by atoms with van der Waals surface area (Å²) in [6.07, 6.45) is 6.77. The van der Waals surface area contributed by atoms with Crippen molar-refractivity contribution in [2.75, 3.05) is 7.05 Å². The molecule has 1 aliphatic rings. The summed E-state index contributed by atoms with van der Waals surface area (Å²) in [6, 6.07) is 13.2. The summed E-state index contributed by atoms with van der Waals surface area (Å²) in [6.45, 7) is 0. The van der Waals surface area contributed by atoms with E-state index in [2.05, 4.69) is 56.6 Å². The van der Waals surface area contributed by atoms with Gasteiger partial charge in [-0.15, -0.1) is 0 Å². The average molecular weight is 345 g/mol. The van der Waals surface area contributed by atoms with Gasteiger partial charge in [0.15, 0.2) is 0 Å². The molecule has 0 saturated heterocycles. The molecule has 0 spiro atoms. The largest absolute Gasteiger partial charge is 0.312 e. The van der Waals surface area contributed by atoms with Crippen LogP contribution in [0.4, 0.5) is 0 Å². The third kappa shape index (κ3) is 3.19. The summed E-state index contributed by atoms with van der Waals surface area (Å²) < 4.78 is 1.09. The Hall–Kier alpha value is -1.19. The van der Waals surface area contributed by atoms with Crippen LogP contribution in [0.5, 0.6) is 0 Å². The standard InChI is InChI=1S/C18H21BrN2/c1-20-17(18-16(19)10-5-11-21-18)12-14-8-4-7-13-6-2-3-9-15(13)14/h2-3,5-6,9-11,14,17,20H,4,7-8,12H2,1H3. The number of aryl methyl sites for hydroxylation is 1. The number of pyridine rings is 1. The SMILES string of the molecule is CNC(CC1CCCc2ccccc21)c1ncccc1Br. The van der Waals surface area contributed by atoms with Gasteiger partial charge >= 0.3 is 0 Å². The van der Waals surface area contributed by atoms with Gasteiger partial charge in [-0.1, -0.05) is 24.3 Å². The van der Waals surface area contributed by atoms with Gasteiger partial charge in [-0.05, 0) is 77.8 Å². The molecular weight excluding hydrogens is 324 g/mol. The molecule has 110 valence electrons. The van der Waals surface area contributed by atoms with E-state index >= 15 is 0 Å². The zero-order chi connectivity index (χ0) is 14.7. The maximum absolute atomic E-state index is 4.56. The van der Waals surface area contributed by atoms with Gasteiger partial charge in [-0.3, -0.25) is 4.98 Å². The highest BCUT2D eigenvalue weighted by Crippen LogP contribution is 2.38. The number of rotatable bonds is 4. The van der Waals surface area contributed by atoms with E-state index in [1.165, 1.54) is 30.4 Å². The van der Waals surface area contributed by atoms with Crippen LogP contribution in [-0.4, -0.2) is 12.0 Å². The zero-order valence-electron chi connectivity index (χ0n) is 12.3. The first-order chi connectivity index (χ1) is 10.3. The minimum Gasteiger partial charge on any atom is -0.312 e. The van der Waals surface area contributed by atoms with Crippen molar-refractivity contribution in [1.29, 1.82) is 0 Å². The molecule has 0 amide bonds. The Morgan fingerprint density at radius 2 is 2.14 bits per heavy atom. The van der Waals surface area contributed by atoms with Crippen LogP contribution in [0.25, 0.3) is 0 Å². The highest BCUT2D eigenvalue weighted by atomic mass is 79.9. The van der Waals surface area contributed by atoms with E-state index in [1.807, 2.05) is 19.3 Å². The van der Waals surface area contributed by atoms with E-state index in [0.29, 0.717) is 5.92 Å². The van der Waals surface area contributed by atoms with Crippen LogP contribution in [0, 0.1) is 0 Å².